The van der Waals surface area contributed by atoms with Gasteiger partial charge in [-0.3, -0.25) is 0 Å². The third-order valence-corrected chi connectivity index (χ3v) is 2.07. The minimum Gasteiger partial charge on any atom is -0.0696 e. The van der Waals surface area contributed by atoms with Crippen molar-refractivity contribution in [2.75, 3.05) is 0 Å². The molecule has 0 spiro atoms. The zero-order chi connectivity index (χ0) is 11.1. The van der Waals surface area contributed by atoms with Crippen LogP contribution in [0.1, 0.15) is 11.1 Å². The van der Waals surface area contributed by atoms with Gasteiger partial charge in [0.15, 0.2) is 0 Å². The van der Waals surface area contributed by atoms with Crippen molar-refractivity contribution in [3.05, 3.63) is 77.9 Å². The number of rotatable bonds is 1. The quantitative estimate of drug-likeness (QED) is 0.622. The molecule has 16 heavy (non-hydrogen) atoms. The van der Waals surface area contributed by atoms with Crippen LogP contribution in [-0.4, -0.2) is 0 Å². The number of hydrogen-bond donors (Lipinski definition) is 0. The highest BCUT2D eigenvalue weighted by atomic mass is 13.9. The van der Waals surface area contributed by atoms with E-state index in [1.54, 1.807) is 0 Å². The fourth-order valence-corrected chi connectivity index (χ4v) is 1.29. The summed E-state index contributed by atoms with van der Waals surface area (Å²) >= 11 is 0. The van der Waals surface area contributed by atoms with Gasteiger partial charge in [0.05, 0.1) is 0 Å². The summed E-state index contributed by atoms with van der Waals surface area (Å²) in [6, 6.07) is 20.9. The average molecular weight is 203 g/mol. The molecule has 0 unspecified atom stereocenters. The normalized spacial score (nSPS) is 9.75. The van der Waals surface area contributed by atoms with E-state index in [9.17, 15) is 0 Å². The topological polar surface area (TPSA) is 0 Å². The summed E-state index contributed by atoms with van der Waals surface area (Å²) in [5.41, 5.74) is 2.08. The zero-order valence-electron chi connectivity index (χ0n) is 8.85. The minimum absolute atomic E-state index is 1.03. The molecule has 2 aromatic carbocycles. The standard InChI is InChI=1S/C16H11/c1-3-9-15(10-4-1)13-7-8-14-16-11-5-2-6-12-16/h1-7,9,11-13H/b13-7+. The lowest BCUT2D eigenvalue weighted by atomic mass is 10.2. The summed E-state index contributed by atoms with van der Waals surface area (Å²) in [6.45, 7) is 0. The Hall–Kier alpha value is -2.26. The zero-order valence-corrected chi connectivity index (χ0v) is 8.85. The summed E-state index contributed by atoms with van der Waals surface area (Å²) in [5.74, 6) is 6.06. The molecule has 0 nitrogen and oxygen atoms in total. The SMILES string of the molecule is C(#Cc1ccccc1)/C=C/c1[c]cccc1. The van der Waals surface area contributed by atoms with Crippen molar-refractivity contribution in [1.29, 1.82) is 0 Å². The van der Waals surface area contributed by atoms with Crippen molar-refractivity contribution in [3.63, 3.8) is 0 Å². The van der Waals surface area contributed by atoms with Crippen LogP contribution in [0.5, 0.6) is 0 Å². The van der Waals surface area contributed by atoms with E-state index in [0.717, 1.165) is 11.1 Å². The first-order valence-corrected chi connectivity index (χ1v) is 5.15. The van der Waals surface area contributed by atoms with Crippen LogP contribution in [0.25, 0.3) is 6.08 Å². The molecule has 0 aliphatic heterocycles. The lowest BCUT2D eigenvalue weighted by Crippen LogP contribution is -1.70. The van der Waals surface area contributed by atoms with Gasteiger partial charge in [-0.1, -0.05) is 54.3 Å². The largest absolute Gasteiger partial charge is 0.0696 e. The molecule has 0 atom stereocenters. The van der Waals surface area contributed by atoms with E-state index in [0.29, 0.717) is 0 Å². The Bertz CT molecular complexity index is 510. The van der Waals surface area contributed by atoms with Gasteiger partial charge in [0.2, 0.25) is 0 Å². The lowest BCUT2D eigenvalue weighted by Gasteiger charge is -1.87. The maximum absolute atomic E-state index is 3.11. The van der Waals surface area contributed by atoms with Crippen LogP contribution in [0.3, 0.4) is 0 Å². The molecule has 0 saturated carbocycles. The smallest absolute Gasteiger partial charge is 0.0248 e. The van der Waals surface area contributed by atoms with Gasteiger partial charge in [-0.15, -0.1) is 0 Å². The Kier molecular flexibility index (Phi) is 3.58. The van der Waals surface area contributed by atoms with E-state index in [2.05, 4.69) is 17.9 Å². The highest BCUT2D eigenvalue weighted by molar-refractivity contribution is 5.52. The monoisotopic (exact) mass is 203 g/mol. The highest BCUT2D eigenvalue weighted by Gasteiger charge is 1.81. The van der Waals surface area contributed by atoms with Crippen LogP contribution in [0.4, 0.5) is 0 Å². The third kappa shape index (κ3) is 3.15. The molecule has 2 rings (SSSR count). The predicted octanol–water partition coefficient (Wildman–Crippen LogP) is 3.55. The second-order valence-electron chi connectivity index (χ2n) is 3.29. The molecule has 1 radical (unpaired) electrons. The Balaban J connectivity index is 2.03. The molecule has 0 bridgehead atoms. The minimum atomic E-state index is 1.03. The van der Waals surface area contributed by atoms with Crippen molar-refractivity contribution >= 4 is 6.08 Å². The molecule has 0 aromatic heterocycles. The van der Waals surface area contributed by atoms with Crippen LogP contribution in [0, 0.1) is 17.9 Å². The Morgan fingerprint density at radius 3 is 2.50 bits per heavy atom. The van der Waals surface area contributed by atoms with Gasteiger partial charge in [0, 0.05) is 5.56 Å². The van der Waals surface area contributed by atoms with Gasteiger partial charge in [-0.2, -0.15) is 0 Å². The molecule has 0 fully saturated rings. The summed E-state index contributed by atoms with van der Waals surface area (Å²) in [4.78, 5) is 0. The predicted molar refractivity (Wildman–Crippen MR) is 67.6 cm³/mol. The first kappa shape index (κ1) is 10.3. The van der Waals surface area contributed by atoms with Crippen LogP contribution in [0.15, 0.2) is 60.7 Å². The Labute approximate surface area is 96.3 Å². The second kappa shape index (κ2) is 5.58. The molecule has 2 aromatic rings. The van der Waals surface area contributed by atoms with Gasteiger partial charge >= 0.3 is 0 Å². The average Bonchev–Trinajstić information content (AvgIpc) is 2.37. The van der Waals surface area contributed by atoms with Crippen molar-refractivity contribution in [3.8, 4) is 11.8 Å². The molecule has 0 aliphatic carbocycles. The molecule has 0 aliphatic rings. The van der Waals surface area contributed by atoms with Crippen LogP contribution >= 0.6 is 0 Å². The Morgan fingerprint density at radius 1 is 0.938 bits per heavy atom. The van der Waals surface area contributed by atoms with Gasteiger partial charge in [0.1, 0.15) is 0 Å². The lowest BCUT2D eigenvalue weighted by molar-refractivity contribution is 1.64. The summed E-state index contributed by atoms with van der Waals surface area (Å²) in [6.07, 6.45) is 3.80. The van der Waals surface area contributed by atoms with Crippen LogP contribution < -0.4 is 0 Å². The first-order chi connectivity index (χ1) is 7.95. The fourth-order valence-electron chi connectivity index (χ4n) is 1.29. The van der Waals surface area contributed by atoms with E-state index in [-0.39, 0.29) is 0 Å². The van der Waals surface area contributed by atoms with E-state index in [4.69, 9.17) is 0 Å². The first-order valence-electron chi connectivity index (χ1n) is 5.15. The Morgan fingerprint density at radius 2 is 1.75 bits per heavy atom. The maximum atomic E-state index is 3.11. The molecular weight excluding hydrogens is 192 g/mol. The van der Waals surface area contributed by atoms with Crippen molar-refractivity contribution in [1.82, 2.24) is 0 Å². The van der Waals surface area contributed by atoms with E-state index in [1.165, 1.54) is 0 Å². The second-order valence-corrected chi connectivity index (χ2v) is 3.29. The van der Waals surface area contributed by atoms with E-state index < -0.39 is 0 Å². The van der Waals surface area contributed by atoms with E-state index in [1.807, 2.05) is 66.7 Å². The molecule has 0 heterocycles. The highest BCUT2D eigenvalue weighted by Crippen LogP contribution is 1.99. The van der Waals surface area contributed by atoms with E-state index >= 15 is 0 Å². The molecule has 0 amide bonds. The maximum Gasteiger partial charge on any atom is 0.0248 e. The fraction of sp³-hybridized carbons (Fsp3) is 0. The van der Waals surface area contributed by atoms with Crippen LogP contribution in [0.2, 0.25) is 0 Å². The summed E-state index contributed by atoms with van der Waals surface area (Å²) < 4.78 is 0. The molecule has 0 saturated heterocycles. The number of hydrogen-bond acceptors (Lipinski definition) is 0. The number of allylic oxidation sites excluding steroid dienone is 1. The van der Waals surface area contributed by atoms with Crippen molar-refractivity contribution in [2.24, 2.45) is 0 Å². The molecule has 0 N–H and O–H groups in total. The molecular formula is C16H11. The summed E-state index contributed by atoms with van der Waals surface area (Å²) in [7, 11) is 0. The molecule has 0 heteroatoms. The van der Waals surface area contributed by atoms with Crippen molar-refractivity contribution < 1.29 is 0 Å². The van der Waals surface area contributed by atoms with Crippen LogP contribution in [-0.2, 0) is 0 Å². The summed E-state index contributed by atoms with van der Waals surface area (Å²) in [5, 5.41) is 0. The van der Waals surface area contributed by atoms with Gasteiger partial charge in [-0.05, 0) is 35.9 Å². The van der Waals surface area contributed by atoms with Gasteiger partial charge in [-0.25, -0.2) is 0 Å². The van der Waals surface area contributed by atoms with Crippen molar-refractivity contribution in [2.45, 2.75) is 0 Å². The third-order valence-electron chi connectivity index (χ3n) is 2.07. The number of benzene rings is 2. The van der Waals surface area contributed by atoms with Gasteiger partial charge in [0.25, 0.3) is 0 Å². The van der Waals surface area contributed by atoms with Gasteiger partial charge < -0.3 is 0 Å². The molecule has 75 valence electrons.